The lowest BCUT2D eigenvalue weighted by Gasteiger charge is -2.09. The maximum absolute atomic E-state index is 12.6. The molecule has 7 heteroatoms. The molecule has 0 saturated heterocycles. The second-order valence-electron chi connectivity index (χ2n) is 6.28. The first-order valence-corrected chi connectivity index (χ1v) is 10.1. The molecule has 6 nitrogen and oxygen atoms in total. The van der Waals surface area contributed by atoms with Crippen LogP contribution >= 0.6 is 0 Å². The second kappa shape index (κ2) is 7.28. The maximum Gasteiger partial charge on any atom is 0.261 e. The van der Waals surface area contributed by atoms with Gasteiger partial charge in [-0.25, -0.2) is 8.42 Å². The van der Waals surface area contributed by atoms with Crippen LogP contribution in [0.2, 0.25) is 0 Å². The number of benzene rings is 3. The fraction of sp³-hybridized carbons (Fsp3) is 0.0476. The molecule has 4 aromatic rings. The van der Waals surface area contributed by atoms with E-state index < -0.39 is 10.0 Å². The van der Waals surface area contributed by atoms with Crippen LogP contribution in [0.5, 0.6) is 0 Å². The molecule has 28 heavy (non-hydrogen) atoms. The first-order valence-electron chi connectivity index (χ1n) is 8.60. The summed E-state index contributed by atoms with van der Waals surface area (Å²) in [4.78, 5) is 0.202. The highest BCUT2D eigenvalue weighted by atomic mass is 32.2. The van der Waals surface area contributed by atoms with E-state index in [1.807, 2.05) is 37.3 Å². The minimum Gasteiger partial charge on any atom is -0.416 e. The van der Waals surface area contributed by atoms with E-state index in [-0.39, 0.29) is 4.90 Å². The van der Waals surface area contributed by atoms with Crippen LogP contribution in [0.3, 0.4) is 0 Å². The Morgan fingerprint density at radius 1 is 0.786 bits per heavy atom. The molecule has 0 amide bonds. The monoisotopic (exact) mass is 391 g/mol. The van der Waals surface area contributed by atoms with Crippen LogP contribution in [-0.2, 0) is 10.0 Å². The van der Waals surface area contributed by atoms with Crippen molar-refractivity contribution in [1.82, 2.24) is 10.2 Å². The Bertz CT molecular complexity index is 1200. The number of nitrogens with one attached hydrogen (secondary N) is 1. The SMILES string of the molecule is Cc1ccc(S(=O)(=O)Nc2cccc(-c3nnc(-c4ccccc4)o3)c2)cc1. The van der Waals surface area contributed by atoms with Crippen molar-refractivity contribution in [1.29, 1.82) is 0 Å². The van der Waals surface area contributed by atoms with Gasteiger partial charge in [-0.1, -0.05) is 42.0 Å². The van der Waals surface area contributed by atoms with Gasteiger partial charge in [0, 0.05) is 16.8 Å². The number of rotatable bonds is 5. The first-order chi connectivity index (χ1) is 13.5. The highest BCUT2D eigenvalue weighted by Crippen LogP contribution is 2.26. The molecule has 140 valence electrons. The van der Waals surface area contributed by atoms with Crippen molar-refractivity contribution in [3.8, 4) is 22.9 Å². The van der Waals surface area contributed by atoms with Gasteiger partial charge in [-0.15, -0.1) is 10.2 Å². The normalized spacial score (nSPS) is 11.3. The molecule has 0 aliphatic carbocycles. The summed E-state index contributed by atoms with van der Waals surface area (Å²) in [6.45, 7) is 1.90. The Morgan fingerprint density at radius 3 is 2.14 bits per heavy atom. The van der Waals surface area contributed by atoms with E-state index in [2.05, 4.69) is 14.9 Å². The summed E-state index contributed by atoms with van der Waals surface area (Å²) in [6.07, 6.45) is 0. The van der Waals surface area contributed by atoms with Crippen molar-refractivity contribution in [3.05, 3.63) is 84.4 Å². The van der Waals surface area contributed by atoms with Crippen molar-refractivity contribution in [2.24, 2.45) is 0 Å². The number of nitrogens with zero attached hydrogens (tertiary/aromatic N) is 2. The number of aromatic nitrogens is 2. The van der Waals surface area contributed by atoms with Crippen molar-refractivity contribution >= 4 is 15.7 Å². The Morgan fingerprint density at radius 2 is 1.43 bits per heavy atom. The van der Waals surface area contributed by atoms with Crippen LogP contribution in [0.4, 0.5) is 5.69 Å². The first kappa shape index (κ1) is 17.9. The van der Waals surface area contributed by atoms with Gasteiger partial charge in [-0.05, 0) is 49.4 Å². The predicted octanol–water partition coefficient (Wildman–Crippen LogP) is 4.51. The predicted molar refractivity (Wildman–Crippen MR) is 107 cm³/mol. The molecular formula is C21H17N3O3S. The standard InChI is InChI=1S/C21H17N3O3S/c1-15-10-12-19(13-11-15)28(25,26)24-18-9-5-8-17(14-18)21-23-22-20(27-21)16-6-3-2-4-7-16/h2-14,24H,1H3. The molecule has 0 fully saturated rings. The molecule has 0 bridgehead atoms. The molecule has 0 unspecified atom stereocenters. The average molecular weight is 391 g/mol. The summed E-state index contributed by atoms with van der Waals surface area (Å²) in [5.41, 5.74) is 2.85. The van der Waals surface area contributed by atoms with E-state index in [0.29, 0.717) is 23.0 Å². The van der Waals surface area contributed by atoms with Gasteiger partial charge in [0.15, 0.2) is 0 Å². The third-order valence-corrected chi connectivity index (χ3v) is 5.54. The Kier molecular flexibility index (Phi) is 4.67. The van der Waals surface area contributed by atoms with Crippen molar-refractivity contribution < 1.29 is 12.8 Å². The number of hydrogen-bond acceptors (Lipinski definition) is 5. The largest absolute Gasteiger partial charge is 0.416 e. The Balaban J connectivity index is 1.60. The van der Waals surface area contributed by atoms with Gasteiger partial charge in [0.2, 0.25) is 11.8 Å². The summed E-state index contributed by atoms with van der Waals surface area (Å²) in [5.74, 6) is 0.719. The van der Waals surface area contributed by atoms with Gasteiger partial charge >= 0.3 is 0 Å². The van der Waals surface area contributed by atoms with Crippen molar-refractivity contribution in [3.63, 3.8) is 0 Å². The van der Waals surface area contributed by atoms with Gasteiger partial charge < -0.3 is 4.42 Å². The van der Waals surface area contributed by atoms with Crippen LogP contribution in [0.25, 0.3) is 22.9 Å². The minimum absolute atomic E-state index is 0.202. The molecule has 1 N–H and O–H groups in total. The van der Waals surface area contributed by atoms with Gasteiger partial charge in [-0.3, -0.25) is 4.72 Å². The summed E-state index contributed by atoms with van der Waals surface area (Å²) in [7, 11) is -3.68. The molecule has 0 aliphatic rings. The Hall–Kier alpha value is -3.45. The van der Waals surface area contributed by atoms with Crippen molar-refractivity contribution in [2.75, 3.05) is 4.72 Å². The van der Waals surface area contributed by atoms with E-state index in [9.17, 15) is 8.42 Å². The minimum atomic E-state index is -3.68. The lowest BCUT2D eigenvalue weighted by atomic mass is 10.2. The summed E-state index contributed by atoms with van der Waals surface area (Å²) >= 11 is 0. The zero-order valence-electron chi connectivity index (χ0n) is 15.0. The topological polar surface area (TPSA) is 85.1 Å². The van der Waals surface area contributed by atoms with Crippen molar-refractivity contribution in [2.45, 2.75) is 11.8 Å². The van der Waals surface area contributed by atoms with E-state index in [4.69, 9.17) is 4.42 Å². The summed E-state index contributed by atoms with van der Waals surface area (Å²) in [5, 5.41) is 8.14. The zero-order valence-corrected chi connectivity index (χ0v) is 15.8. The quantitative estimate of drug-likeness (QED) is 0.541. The fourth-order valence-electron chi connectivity index (χ4n) is 2.68. The molecule has 0 saturated carbocycles. The smallest absolute Gasteiger partial charge is 0.261 e. The van der Waals surface area contributed by atoms with E-state index >= 15 is 0 Å². The molecule has 3 aromatic carbocycles. The number of anilines is 1. The number of sulfonamides is 1. The fourth-order valence-corrected chi connectivity index (χ4v) is 3.73. The third-order valence-electron chi connectivity index (χ3n) is 4.14. The molecule has 1 aromatic heterocycles. The van der Waals surface area contributed by atoms with Crippen LogP contribution in [0.1, 0.15) is 5.56 Å². The third kappa shape index (κ3) is 3.79. The van der Waals surface area contributed by atoms with Crippen LogP contribution in [0.15, 0.2) is 88.2 Å². The zero-order chi connectivity index (χ0) is 19.6. The molecule has 4 rings (SSSR count). The van der Waals surface area contributed by atoms with Crippen LogP contribution < -0.4 is 4.72 Å². The summed E-state index contributed by atoms with van der Waals surface area (Å²) in [6, 6.07) is 23.0. The maximum atomic E-state index is 12.6. The van der Waals surface area contributed by atoms with Gasteiger partial charge in [0.05, 0.1) is 4.90 Å². The lowest BCUT2D eigenvalue weighted by Crippen LogP contribution is -2.12. The van der Waals surface area contributed by atoms with E-state index in [0.717, 1.165) is 11.1 Å². The molecule has 0 spiro atoms. The number of aryl methyl sites for hydroxylation is 1. The summed E-state index contributed by atoms with van der Waals surface area (Å²) < 4.78 is 33.5. The molecular weight excluding hydrogens is 374 g/mol. The molecule has 0 atom stereocenters. The molecule has 0 radical (unpaired) electrons. The highest BCUT2D eigenvalue weighted by Gasteiger charge is 2.15. The second-order valence-corrected chi connectivity index (χ2v) is 7.96. The van der Waals surface area contributed by atoms with E-state index in [1.54, 1.807) is 48.5 Å². The van der Waals surface area contributed by atoms with Crippen LogP contribution in [0, 0.1) is 6.92 Å². The van der Waals surface area contributed by atoms with Crippen LogP contribution in [-0.4, -0.2) is 18.6 Å². The number of hydrogen-bond donors (Lipinski definition) is 1. The lowest BCUT2D eigenvalue weighted by molar-refractivity contribution is 0.584. The van der Waals surface area contributed by atoms with Gasteiger partial charge in [0.25, 0.3) is 10.0 Å². The molecule has 1 heterocycles. The Labute approximate surface area is 162 Å². The molecule has 0 aliphatic heterocycles. The average Bonchev–Trinajstić information content (AvgIpc) is 3.19. The van der Waals surface area contributed by atoms with Gasteiger partial charge in [0.1, 0.15) is 0 Å². The highest BCUT2D eigenvalue weighted by molar-refractivity contribution is 7.92. The van der Waals surface area contributed by atoms with Gasteiger partial charge in [-0.2, -0.15) is 0 Å². The van der Waals surface area contributed by atoms with E-state index in [1.165, 1.54) is 0 Å².